The number of carboxylic acid groups (broad SMARTS) is 1. The Hall–Kier alpha value is -4.59. The molecule has 0 spiro atoms. The van der Waals surface area contributed by atoms with Crippen molar-refractivity contribution < 1.29 is 24.2 Å². The minimum Gasteiger partial charge on any atom is -0.480 e. The van der Waals surface area contributed by atoms with Gasteiger partial charge in [-0.05, 0) is 42.2 Å². The average molecular weight is 510 g/mol. The van der Waals surface area contributed by atoms with Gasteiger partial charge < -0.3 is 20.1 Å². The van der Waals surface area contributed by atoms with Crippen molar-refractivity contribution in [2.75, 3.05) is 11.9 Å². The zero-order chi connectivity index (χ0) is 26.2. The largest absolute Gasteiger partial charge is 0.480 e. The summed E-state index contributed by atoms with van der Waals surface area (Å²) in [5.74, 6) is -1.37. The summed E-state index contributed by atoms with van der Waals surface area (Å²) in [6.45, 7) is 0.166. The van der Waals surface area contributed by atoms with E-state index in [-0.39, 0.29) is 25.1 Å². The summed E-state index contributed by atoms with van der Waals surface area (Å²) in [4.78, 5) is 42.4. The van der Waals surface area contributed by atoms with Gasteiger partial charge in [0.05, 0.1) is 12.1 Å². The van der Waals surface area contributed by atoms with Crippen LogP contribution >= 0.6 is 0 Å². The number of anilines is 2. The standard InChI is InChI=1S/C30H27N3O5/c34-28(23-10-6-12-25-22(23)15-13-20-9-4-5-11-24(20)31-25)33-21-14-16-26(33)27(29(35)36)32(17-21)30(37)38-18-19-7-2-1-3-8-19/h1-13,15,21,26-27,31H,14,16-18H2,(H,35,36)/t21-,26+,27-/m1/s1. The second-order valence-electron chi connectivity index (χ2n) is 9.80. The lowest BCUT2D eigenvalue weighted by molar-refractivity contribution is -0.146. The van der Waals surface area contributed by atoms with Gasteiger partial charge in [-0.2, -0.15) is 0 Å². The Morgan fingerprint density at radius 2 is 1.66 bits per heavy atom. The molecule has 6 rings (SSSR count). The van der Waals surface area contributed by atoms with Crippen molar-refractivity contribution >= 4 is 41.5 Å². The first-order valence-corrected chi connectivity index (χ1v) is 12.7. The van der Waals surface area contributed by atoms with E-state index in [1.54, 1.807) is 11.0 Å². The lowest BCUT2D eigenvalue weighted by Gasteiger charge is -2.44. The number of carbonyl (C=O) groups is 3. The molecule has 2 bridgehead atoms. The number of carbonyl (C=O) groups excluding carboxylic acids is 2. The van der Waals surface area contributed by atoms with E-state index in [9.17, 15) is 19.5 Å². The molecule has 192 valence electrons. The first kappa shape index (κ1) is 23.8. The molecule has 8 heteroatoms. The van der Waals surface area contributed by atoms with E-state index in [1.807, 2.05) is 78.9 Å². The predicted octanol–water partition coefficient (Wildman–Crippen LogP) is 4.99. The average Bonchev–Trinajstić information content (AvgIpc) is 3.11. The van der Waals surface area contributed by atoms with Crippen molar-refractivity contribution in [1.29, 1.82) is 0 Å². The summed E-state index contributed by atoms with van der Waals surface area (Å²) in [5.41, 5.74) is 4.83. The third-order valence-electron chi connectivity index (χ3n) is 7.58. The molecule has 2 amide bonds. The highest BCUT2D eigenvalue weighted by molar-refractivity contribution is 6.03. The predicted molar refractivity (Wildman–Crippen MR) is 143 cm³/mol. The van der Waals surface area contributed by atoms with Crippen LogP contribution in [0.15, 0.2) is 72.8 Å². The molecule has 8 nitrogen and oxygen atoms in total. The minimum absolute atomic E-state index is 0.0539. The van der Waals surface area contributed by atoms with E-state index in [4.69, 9.17) is 4.74 Å². The molecule has 0 aliphatic carbocycles. The fourth-order valence-electron chi connectivity index (χ4n) is 5.81. The van der Waals surface area contributed by atoms with E-state index < -0.39 is 24.1 Å². The summed E-state index contributed by atoms with van der Waals surface area (Å²) in [6, 6.07) is 20.6. The van der Waals surface area contributed by atoms with Gasteiger partial charge in [0.15, 0.2) is 6.04 Å². The van der Waals surface area contributed by atoms with Gasteiger partial charge in [0.2, 0.25) is 0 Å². The first-order valence-electron chi connectivity index (χ1n) is 12.7. The number of fused-ring (bicyclic) bond motifs is 4. The maximum absolute atomic E-state index is 14.0. The Labute approximate surface area is 220 Å². The number of carboxylic acids is 1. The number of para-hydroxylation sites is 1. The van der Waals surface area contributed by atoms with E-state index in [1.165, 1.54) is 4.90 Å². The lowest BCUT2D eigenvalue weighted by Crippen LogP contribution is -2.65. The number of nitrogens with one attached hydrogen (secondary N) is 1. The molecule has 3 heterocycles. The van der Waals surface area contributed by atoms with Crippen molar-refractivity contribution in [1.82, 2.24) is 9.80 Å². The monoisotopic (exact) mass is 509 g/mol. The van der Waals surface area contributed by atoms with Crippen LogP contribution in [-0.2, 0) is 16.1 Å². The number of hydrogen-bond acceptors (Lipinski definition) is 5. The van der Waals surface area contributed by atoms with Crippen LogP contribution in [0, 0.1) is 0 Å². The van der Waals surface area contributed by atoms with Crippen molar-refractivity contribution in [3.63, 3.8) is 0 Å². The van der Waals surface area contributed by atoms with E-state index in [0.717, 1.165) is 28.1 Å². The molecular weight excluding hydrogens is 482 g/mol. The minimum atomic E-state index is -1.18. The van der Waals surface area contributed by atoms with Crippen molar-refractivity contribution in [2.24, 2.45) is 0 Å². The number of amides is 2. The van der Waals surface area contributed by atoms with Crippen LogP contribution < -0.4 is 5.32 Å². The number of piperazine rings is 1. The van der Waals surface area contributed by atoms with Crippen molar-refractivity contribution in [2.45, 2.75) is 37.6 Å². The number of benzene rings is 3. The van der Waals surface area contributed by atoms with E-state index in [0.29, 0.717) is 18.4 Å². The summed E-state index contributed by atoms with van der Waals surface area (Å²) in [5, 5.41) is 13.6. The van der Waals surface area contributed by atoms with Gasteiger partial charge in [-0.15, -0.1) is 0 Å². The van der Waals surface area contributed by atoms with Crippen LogP contribution in [-0.4, -0.2) is 57.5 Å². The first-order chi connectivity index (χ1) is 18.5. The zero-order valence-corrected chi connectivity index (χ0v) is 20.6. The van der Waals surface area contributed by atoms with Crippen LogP contribution in [0.1, 0.15) is 39.9 Å². The molecule has 3 aromatic carbocycles. The van der Waals surface area contributed by atoms with Gasteiger partial charge in [-0.1, -0.05) is 66.7 Å². The Balaban J connectivity index is 1.26. The summed E-state index contributed by atoms with van der Waals surface area (Å²) in [7, 11) is 0. The van der Waals surface area contributed by atoms with Gasteiger partial charge in [-0.25, -0.2) is 9.59 Å². The van der Waals surface area contributed by atoms with Crippen LogP contribution in [0.5, 0.6) is 0 Å². The Bertz CT molecular complexity index is 1440. The quantitative estimate of drug-likeness (QED) is 0.402. The maximum atomic E-state index is 14.0. The summed E-state index contributed by atoms with van der Waals surface area (Å²) in [6.07, 6.45) is 4.35. The van der Waals surface area contributed by atoms with Crippen molar-refractivity contribution in [3.8, 4) is 0 Å². The number of hydrogen-bond donors (Lipinski definition) is 2. The van der Waals surface area contributed by atoms with Crippen LogP contribution in [0.2, 0.25) is 0 Å². The number of rotatable bonds is 4. The van der Waals surface area contributed by atoms with Gasteiger partial charge in [0.1, 0.15) is 6.61 Å². The summed E-state index contributed by atoms with van der Waals surface area (Å²) < 4.78 is 5.47. The maximum Gasteiger partial charge on any atom is 0.410 e. The molecule has 2 saturated heterocycles. The van der Waals surface area contributed by atoms with Gasteiger partial charge in [0.25, 0.3) is 5.91 Å². The Morgan fingerprint density at radius 1 is 0.895 bits per heavy atom. The fraction of sp³-hybridized carbons (Fsp3) is 0.233. The Morgan fingerprint density at radius 3 is 2.47 bits per heavy atom. The molecule has 2 fully saturated rings. The van der Waals surface area contributed by atoms with Gasteiger partial charge in [-0.3, -0.25) is 9.69 Å². The highest BCUT2D eigenvalue weighted by atomic mass is 16.6. The topological polar surface area (TPSA) is 99.2 Å². The molecule has 3 aliphatic rings. The van der Waals surface area contributed by atoms with Gasteiger partial charge in [0, 0.05) is 29.0 Å². The third kappa shape index (κ3) is 4.18. The molecule has 0 unspecified atom stereocenters. The highest BCUT2D eigenvalue weighted by Crippen LogP contribution is 2.38. The zero-order valence-electron chi connectivity index (χ0n) is 20.6. The number of aliphatic carboxylic acids is 1. The number of likely N-dealkylation sites (tertiary alicyclic amines) is 1. The van der Waals surface area contributed by atoms with Crippen molar-refractivity contribution in [3.05, 3.63) is 95.1 Å². The third-order valence-corrected chi connectivity index (χ3v) is 7.58. The molecule has 2 N–H and O–H groups in total. The second kappa shape index (κ2) is 9.70. The van der Waals surface area contributed by atoms with E-state index >= 15 is 0 Å². The van der Waals surface area contributed by atoms with Crippen LogP contribution in [0.4, 0.5) is 16.2 Å². The molecule has 3 aromatic rings. The molecule has 0 radical (unpaired) electrons. The second-order valence-corrected chi connectivity index (χ2v) is 9.80. The van der Waals surface area contributed by atoms with Crippen LogP contribution in [0.3, 0.4) is 0 Å². The lowest BCUT2D eigenvalue weighted by atomic mass is 9.99. The Kier molecular flexibility index (Phi) is 6.07. The number of ether oxygens (including phenoxy) is 1. The summed E-state index contributed by atoms with van der Waals surface area (Å²) >= 11 is 0. The molecule has 0 aromatic heterocycles. The van der Waals surface area contributed by atoms with Crippen LogP contribution in [0.25, 0.3) is 12.2 Å². The molecule has 3 atom stereocenters. The SMILES string of the molecule is O=C(O)[C@H]1[C@@H]2CC[C@H](CN1C(=O)OCc1ccccc1)N2C(=O)c1cccc2c1C=Cc1ccccc1N2. The number of nitrogens with zero attached hydrogens (tertiary/aromatic N) is 2. The molecule has 38 heavy (non-hydrogen) atoms. The molecule has 3 aliphatic heterocycles. The molecule has 0 saturated carbocycles. The smallest absolute Gasteiger partial charge is 0.410 e. The fourth-order valence-corrected chi connectivity index (χ4v) is 5.81. The highest BCUT2D eigenvalue weighted by Gasteiger charge is 2.53. The van der Waals surface area contributed by atoms with Gasteiger partial charge >= 0.3 is 12.1 Å². The van der Waals surface area contributed by atoms with E-state index in [2.05, 4.69) is 5.32 Å². The molecular formula is C30H27N3O5. The normalized spacial score (nSPS) is 21.1.